The van der Waals surface area contributed by atoms with Crippen molar-refractivity contribution < 1.29 is 26.7 Å². The minimum Gasteiger partial charge on any atom is -0.389 e. The molecule has 0 unspecified atom stereocenters. The van der Waals surface area contributed by atoms with E-state index in [1.807, 2.05) is 0 Å². The Morgan fingerprint density at radius 3 is 2.26 bits per heavy atom. The van der Waals surface area contributed by atoms with Gasteiger partial charge in [0.05, 0.1) is 11.4 Å². The highest BCUT2D eigenvalue weighted by Gasteiger charge is 2.31. The number of halogens is 3. The summed E-state index contributed by atoms with van der Waals surface area (Å²) in [4.78, 5) is 0. The fourth-order valence-electron chi connectivity index (χ4n) is 2.17. The van der Waals surface area contributed by atoms with Crippen LogP contribution in [0.3, 0.4) is 0 Å². The summed E-state index contributed by atoms with van der Waals surface area (Å²) < 4.78 is 61.0. The molecule has 1 aliphatic carbocycles. The van der Waals surface area contributed by atoms with Gasteiger partial charge in [0.15, 0.2) is 0 Å². The highest BCUT2D eigenvalue weighted by atomic mass is 32.2. The molecule has 0 bridgehead atoms. The van der Waals surface area contributed by atoms with Crippen LogP contribution in [0.2, 0.25) is 0 Å². The largest absolute Gasteiger partial charge is 0.389 e. The molecule has 1 fully saturated rings. The Kier molecular flexibility index (Phi) is 5.64. The molecule has 0 aromatic heterocycles. The number of nitrogens with one attached hydrogen (secondary N) is 1. The van der Waals surface area contributed by atoms with Crippen molar-refractivity contribution >= 4 is 10.0 Å². The molecule has 1 rings (SSSR count). The van der Waals surface area contributed by atoms with Gasteiger partial charge in [-0.3, -0.25) is 0 Å². The van der Waals surface area contributed by atoms with Gasteiger partial charge in [-0.2, -0.15) is 13.2 Å². The molecule has 0 heterocycles. The van der Waals surface area contributed by atoms with E-state index in [0.717, 1.165) is 19.3 Å². The van der Waals surface area contributed by atoms with Crippen LogP contribution >= 0.6 is 0 Å². The van der Waals surface area contributed by atoms with E-state index in [2.05, 4.69) is 4.72 Å². The minimum atomic E-state index is -4.34. The number of sulfonamides is 1. The minimum absolute atomic E-state index is 0.110. The molecule has 1 saturated carbocycles. The Morgan fingerprint density at radius 2 is 1.74 bits per heavy atom. The fraction of sp³-hybridized carbons (Fsp3) is 1.00. The van der Waals surface area contributed by atoms with Crippen molar-refractivity contribution in [3.63, 3.8) is 0 Å². The lowest BCUT2D eigenvalue weighted by atomic mass is 9.85. The van der Waals surface area contributed by atoms with Gasteiger partial charge in [-0.25, -0.2) is 13.1 Å². The van der Waals surface area contributed by atoms with Crippen molar-refractivity contribution in [2.45, 2.75) is 56.7 Å². The van der Waals surface area contributed by atoms with Crippen LogP contribution in [0, 0.1) is 0 Å². The van der Waals surface area contributed by atoms with Gasteiger partial charge in [0.1, 0.15) is 0 Å². The van der Waals surface area contributed by atoms with Crippen LogP contribution in [0.1, 0.15) is 44.9 Å². The lowest BCUT2D eigenvalue weighted by molar-refractivity contribution is -0.134. The molecular formula is C11H20F3NO3S. The van der Waals surface area contributed by atoms with Crippen LogP contribution in [0.15, 0.2) is 0 Å². The summed E-state index contributed by atoms with van der Waals surface area (Å²) in [6.07, 6.45) is -2.16. The first-order valence-corrected chi connectivity index (χ1v) is 8.04. The first kappa shape index (κ1) is 16.7. The van der Waals surface area contributed by atoms with Crippen LogP contribution in [0.5, 0.6) is 0 Å². The van der Waals surface area contributed by atoms with Crippen molar-refractivity contribution in [3.8, 4) is 0 Å². The zero-order chi connectivity index (χ0) is 14.6. The second-order valence-electron chi connectivity index (χ2n) is 5.14. The average Bonchev–Trinajstić information content (AvgIpc) is 2.26. The number of rotatable bonds is 6. The topological polar surface area (TPSA) is 66.4 Å². The summed E-state index contributed by atoms with van der Waals surface area (Å²) in [6.45, 7) is -0.110. The third-order valence-electron chi connectivity index (χ3n) is 3.28. The van der Waals surface area contributed by atoms with Gasteiger partial charge < -0.3 is 5.11 Å². The standard InChI is InChI=1S/C11H20F3NO3S/c12-11(13,14)7-4-8-19(17,18)15-9-10(16)5-2-1-3-6-10/h15-16H,1-9H2. The van der Waals surface area contributed by atoms with Crippen LogP contribution in [-0.4, -0.2) is 37.6 Å². The molecule has 2 N–H and O–H groups in total. The van der Waals surface area contributed by atoms with Crippen LogP contribution in [0.25, 0.3) is 0 Å². The third kappa shape index (κ3) is 7.12. The van der Waals surface area contributed by atoms with Crippen molar-refractivity contribution in [1.82, 2.24) is 4.72 Å². The molecule has 0 aliphatic heterocycles. The molecule has 0 aromatic rings. The highest BCUT2D eigenvalue weighted by Crippen LogP contribution is 2.27. The van der Waals surface area contributed by atoms with Crippen LogP contribution in [-0.2, 0) is 10.0 Å². The maximum Gasteiger partial charge on any atom is 0.389 e. The SMILES string of the molecule is O=S(=O)(CCCC(F)(F)F)NCC1(O)CCCCC1. The Labute approximate surface area is 111 Å². The molecule has 0 saturated heterocycles. The Bertz CT molecular complexity index is 375. The third-order valence-corrected chi connectivity index (χ3v) is 4.69. The number of hydrogen-bond acceptors (Lipinski definition) is 3. The predicted molar refractivity (Wildman–Crippen MR) is 65.1 cm³/mol. The molecule has 0 aromatic carbocycles. The summed E-state index contributed by atoms with van der Waals surface area (Å²) in [6, 6.07) is 0. The van der Waals surface area contributed by atoms with E-state index in [9.17, 15) is 26.7 Å². The molecule has 8 heteroatoms. The van der Waals surface area contributed by atoms with Gasteiger partial charge in [-0.15, -0.1) is 0 Å². The van der Waals surface area contributed by atoms with E-state index >= 15 is 0 Å². The maximum absolute atomic E-state index is 11.9. The molecule has 1 aliphatic rings. The van der Waals surface area contributed by atoms with Gasteiger partial charge in [0.25, 0.3) is 0 Å². The molecule has 4 nitrogen and oxygen atoms in total. The zero-order valence-electron chi connectivity index (χ0n) is 10.7. The van der Waals surface area contributed by atoms with E-state index in [-0.39, 0.29) is 6.54 Å². The predicted octanol–water partition coefficient (Wildman–Crippen LogP) is 1.94. The van der Waals surface area contributed by atoms with Crippen LogP contribution < -0.4 is 4.72 Å². The molecular weight excluding hydrogens is 283 g/mol. The molecule has 0 spiro atoms. The van der Waals surface area contributed by atoms with Gasteiger partial charge in [-0.1, -0.05) is 19.3 Å². The normalized spacial score (nSPS) is 20.4. The molecule has 0 radical (unpaired) electrons. The lowest BCUT2D eigenvalue weighted by Gasteiger charge is -2.32. The Hall–Kier alpha value is -0.340. The fourth-order valence-corrected chi connectivity index (χ4v) is 3.32. The molecule has 114 valence electrons. The molecule has 0 atom stereocenters. The first-order chi connectivity index (χ1) is 8.62. The Balaban J connectivity index is 2.34. The summed E-state index contributed by atoms with van der Waals surface area (Å²) >= 11 is 0. The van der Waals surface area contributed by atoms with Crippen molar-refractivity contribution in [2.24, 2.45) is 0 Å². The summed E-state index contributed by atoms with van der Waals surface area (Å²) in [5, 5.41) is 10.1. The lowest BCUT2D eigenvalue weighted by Crippen LogP contribution is -2.44. The van der Waals surface area contributed by atoms with Crippen molar-refractivity contribution in [2.75, 3.05) is 12.3 Å². The Morgan fingerprint density at radius 1 is 1.16 bits per heavy atom. The smallest absolute Gasteiger partial charge is 0.389 e. The zero-order valence-corrected chi connectivity index (χ0v) is 11.5. The highest BCUT2D eigenvalue weighted by molar-refractivity contribution is 7.89. The number of alkyl halides is 3. The first-order valence-electron chi connectivity index (χ1n) is 6.38. The van der Waals surface area contributed by atoms with E-state index in [1.165, 1.54) is 0 Å². The quantitative estimate of drug-likeness (QED) is 0.788. The van der Waals surface area contributed by atoms with E-state index in [0.29, 0.717) is 12.8 Å². The van der Waals surface area contributed by atoms with Gasteiger partial charge in [-0.05, 0) is 19.3 Å². The van der Waals surface area contributed by atoms with E-state index in [4.69, 9.17) is 0 Å². The maximum atomic E-state index is 11.9. The average molecular weight is 303 g/mol. The monoisotopic (exact) mass is 303 g/mol. The second kappa shape index (κ2) is 6.41. The summed E-state index contributed by atoms with van der Waals surface area (Å²) in [7, 11) is -3.75. The second-order valence-corrected chi connectivity index (χ2v) is 7.07. The van der Waals surface area contributed by atoms with Gasteiger partial charge in [0.2, 0.25) is 10.0 Å². The van der Waals surface area contributed by atoms with Crippen molar-refractivity contribution in [3.05, 3.63) is 0 Å². The summed E-state index contributed by atoms with van der Waals surface area (Å²) in [5.41, 5.74) is -1.05. The van der Waals surface area contributed by atoms with Gasteiger partial charge in [0, 0.05) is 13.0 Å². The van der Waals surface area contributed by atoms with Crippen LogP contribution in [0.4, 0.5) is 13.2 Å². The summed E-state index contributed by atoms with van der Waals surface area (Å²) in [5.74, 6) is -0.567. The van der Waals surface area contributed by atoms with E-state index in [1.54, 1.807) is 0 Å². The molecule has 0 amide bonds. The van der Waals surface area contributed by atoms with Crippen molar-refractivity contribution in [1.29, 1.82) is 0 Å². The number of hydrogen-bond donors (Lipinski definition) is 2. The number of aliphatic hydroxyl groups is 1. The van der Waals surface area contributed by atoms with Gasteiger partial charge >= 0.3 is 6.18 Å². The van der Waals surface area contributed by atoms with E-state index < -0.39 is 40.4 Å². The molecule has 19 heavy (non-hydrogen) atoms.